The van der Waals surface area contributed by atoms with Crippen molar-refractivity contribution in [3.05, 3.63) is 71.3 Å². The van der Waals surface area contributed by atoms with Crippen LogP contribution in [-0.4, -0.2) is 42.9 Å². The van der Waals surface area contributed by atoms with Gasteiger partial charge in [-0.3, -0.25) is 4.79 Å². The second kappa shape index (κ2) is 11.8. The minimum atomic E-state index is 0.0796. The maximum Gasteiger partial charge on any atom is 0.253 e. The monoisotopic (exact) mass is 380 g/mol. The Morgan fingerprint density at radius 1 is 0.893 bits per heavy atom. The first kappa shape index (κ1) is 21.5. The zero-order valence-corrected chi connectivity index (χ0v) is 17.2. The van der Waals surface area contributed by atoms with Crippen molar-refractivity contribution in [3.8, 4) is 0 Å². The van der Waals surface area contributed by atoms with Crippen molar-refractivity contribution in [2.45, 2.75) is 33.7 Å². The first-order chi connectivity index (χ1) is 13.7. The number of nitrogens with one attached hydrogen (secondary N) is 2. The van der Waals surface area contributed by atoms with Gasteiger partial charge in [-0.2, -0.15) is 0 Å². The van der Waals surface area contributed by atoms with Gasteiger partial charge < -0.3 is 15.5 Å². The normalized spacial score (nSPS) is 11.2. The van der Waals surface area contributed by atoms with E-state index in [1.165, 1.54) is 5.56 Å². The quantitative estimate of drug-likeness (QED) is 0.517. The predicted molar refractivity (Wildman–Crippen MR) is 117 cm³/mol. The Morgan fingerprint density at radius 3 is 2.18 bits per heavy atom. The summed E-state index contributed by atoms with van der Waals surface area (Å²) in [5.74, 6) is 0.887. The fourth-order valence-corrected chi connectivity index (χ4v) is 2.93. The van der Waals surface area contributed by atoms with Crippen molar-refractivity contribution in [2.24, 2.45) is 4.99 Å². The lowest BCUT2D eigenvalue weighted by Crippen LogP contribution is -2.38. The highest BCUT2D eigenvalue weighted by Gasteiger charge is 2.11. The molecule has 0 saturated carbocycles. The molecule has 0 radical (unpaired) electrons. The third-order valence-electron chi connectivity index (χ3n) is 4.56. The average Bonchev–Trinajstić information content (AvgIpc) is 2.74. The summed E-state index contributed by atoms with van der Waals surface area (Å²) in [6.45, 7) is 9.71. The number of nitrogens with zero attached hydrogens (tertiary/aromatic N) is 2. The molecule has 0 fully saturated rings. The van der Waals surface area contributed by atoms with Gasteiger partial charge in [-0.1, -0.05) is 42.5 Å². The van der Waals surface area contributed by atoms with Crippen LogP contribution in [0, 0.1) is 0 Å². The summed E-state index contributed by atoms with van der Waals surface area (Å²) in [6.07, 6.45) is 0.952. The number of aliphatic imine (C=N–C) groups is 1. The zero-order valence-electron chi connectivity index (χ0n) is 17.2. The van der Waals surface area contributed by atoms with Gasteiger partial charge in [-0.25, -0.2) is 4.99 Å². The van der Waals surface area contributed by atoms with Gasteiger partial charge in [-0.05, 0) is 50.5 Å². The van der Waals surface area contributed by atoms with E-state index in [4.69, 9.17) is 0 Å². The molecule has 150 valence electrons. The van der Waals surface area contributed by atoms with Crippen LogP contribution < -0.4 is 10.6 Å². The predicted octanol–water partition coefficient (Wildman–Crippen LogP) is 3.47. The van der Waals surface area contributed by atoms with E-state index in [1.54, 1.807) is 0 Å². The lowest BCUT2D eigenvalue weighted by atomic mass is 10.1. The van der Waals surface area contributed by atoms with Crippen LogP contribution in [0.1, 0.15) is 42.3 Å². The summed E-state index contributed by atoms with van der Waals surface area (Å²) >= 11 is 0. The molecule has 5 heteroatoms. The topological polar surface area (TPSA) is 56.7 Å². The minimum absolute atomic E-state index is 0.0796. The van der Waals surface area contributed by atoms with Crippen LogP contribution in [0.4, 0.5) is 0 Å². The van der Waals surface area contributed by atoms with Crippen molar-refractivity contribution in [1.82, 2.24) is 15.5 Å². The molecule has 0 aliphatic heterocycles. The fourth-order valence-electron chi connectivity index (χ4n) is 2.93. The summed E-state index contributed by atoms with van der Waals surface area (Å²) in [5, 5.41) is 6.65. The van der Waals surface area contributed by atoms with Crippen LogP contribution in [0.3, 0.4) is 0 Å². The third kappa shape index (κ3) is 6.72. The van der Waals surface area contributed by atoms with E-state index < -0.39 is 0 Å². The molecule has 0 aromatic heterocycles. The number of hydrogen-bond acceptors (Lipinski definition) is 2. The van der Waals surface area contributed by atoms with Gasteiger partial charge in [0, 0.05) is 31.7 Å². The Balaban J connectivity index is 1.91. The molecule has 0 saturated heterocycles. The Morgan fingerprint density at radius 2 is 1.57 bits per heavy atom. The van der Waals surface area contributed by atoms with Gasteiger partial charge in [0.2, 0.25) is 0 Å². The Kier molecular flexibility index (Phi) is 9.05. The van der Waals surface area contributed by atoms with E-state index in [9.17, 15) is 4.79 Å². The van der Waals surface area contributed by atoms with Crippen molar-refractivity contribution < 1.29 is 4.79 Å². The number of hydrogen-bond donors (Lipinski definition) is 2. The molecule has 2 rings (SSSR count). The summed E-state index contributed by atoms with van der Waals surface area (Å²) in [4.78, 5) is 18.9. The molecule has 5 nitrogen and oxygen atoms in total. The van der Waals surface area contributed by atoms with E-state index in [1.807, 2.05) is 49.1 Å². The molecule has 28 heavy (non-hydrogen) atoms. The molecule has 0 atom stereocenters. The number of amides is 1. The van der Waals surface area contributed by atoms with Crippen molar-refractivity contribution in [1.29, 1.82) is 0 Å². The molecule has 0 aliphatic rings. The fraction of sp³-hybridized carbons (Fsp3) is 0.391. The SMILES string of the molecule is CCNC(=NCc1ccc(C(=O)N(CC)CC)cc1)NCCc1ccccc1. The molecule has 0 unspecified atom stereocenters. The van der Waals surface area contributed by atoms with E-state index in [0.29, 0.717) is 6.54 Å². The van der Waals surface area contributed by atoms with Crippen molar-refractivity contribution in [3.63, 3.8) is 0 Å². The molecule has 0 bridgehead atoms. The smallest absolute Gasteiger partial charge is 0.253 e. The Hall–Kier alpha value is -2.82. The summed E-state index contributed by atoms with van der Waals surface area (Å²) < 4.78 is 0. The molecule has 2 aromatic carbocycles. The highest BCUT2D eigenvalue weighted by molar-refractivity contribution is 5.94. The zero-order chi connectivity index (χ0) is 20.2. The van der Waals surface area contributed by atoms with E-state index >= 15 is 0 Å². The van der Waals surface area contributed by atoms with Gasteiger partial charge in [0.15, 0.2) is 5.96 Å². The average molecular weight is 381 g/mol. The number of carbonyl (C=O) groups is 1. The second-order valence-corrected chi connectivity index (χ2v) is 6.53. The van der Waals surface area contributed by atoms with Crippen molar-refractivity contribution in [2.75, 3.05) is 26.2 Å². The number of rotatable bonds is 9. The van der Waals surface area contributed by atoms with Crippen LogP contribution in [0.25, 0.3) is 0 Å². The van der Waals surface area contributed by atoms with Gasteiger partial charge >= 0.3 is 0 Å². The van der Waals surface area contributed by atoms with Crippen LogP contribution >= 0.6 is 0 Å². The van der Waals surface area contributed by atoms with Crippen LogP contribution in [0.15, 0.2) is 59.6 Å². The molecule has 0 heterocycles. The van der Waals surface area contributed by atoms with Crippen molar-refractivity contribution >= 4 is 11.9 Å². The number of carbonyl (C=O) groups excluding carboxylic acids is 1. The van der Waals surface area contributed by atoms with Gasteiger partial charge in [-0.15, -0.1) is 0 Å². The maximum atomic E-state index is 12.4. The van der Waals surface area contributed by atoms with Gasteiger partial charge in [0.25, 0.3) is 5.91 Å². The Labute approximate surface area is 168 Å². The van der Waals surface area contributed by atoms with E-state index in [-0.39, 0.29) is 5.91 Å². The lowest BCUT2D eigenvalue weighted by molar-refractivity contribution is 0.0773. The molecule has 1 amide bonds. The first-order valence-corrected chi connectivity index (χ1v) is 10.1. The first-order valence-electron chi connectivity index (χ1n) is 10.1. The summed E-state index contributed by atoms with van der Waals surface area (Å²) in [7, 11) is 0. The van der Waals surface area contributed by atoms with Crippen LogP contribution in [-0.2, 0) is 13.0 Å². The Bertz CT molecular complexity index is 737. The molecule has 0 aliphatic carbocycles. The standard InChI is InChI=1S/C23H32N4O/c1-4-24-23(25-17-16-19-10-8-7-9-11-19)26-18-20-12-14-21(15-13-20)22(28)27(5-2)6-3/h7-15H,4-6,16-18H2,1-3H3,(H2,24,25,26). The van der Waals surface area contributed by atoms with Gasteiger partial charge in [0.1, 0.15) is 0 Å². The molecule has 0 spiro atoms. The maximum absolute atomic E-state index is 12.4. The summed E-state index contributed by atoms with van der Waals surface area (Å²) in [6, 6.07) is 18.2. The molecular formula is C23H32N4O. The largest absolute Gasteiger partial charge is 0.357 e. The lowest BCUT2D eigenvalue weighted by Gasteiger charge is -2.18. The number of guanidine groups is 1. The summed E-state index contributed by atoms with van der Waals surface area (Å²) in [5.41, 5.74) is 3.11. The van der Waals surface area contributed by atoms with Crippen LogP contribution in [0.2, 0.25) is 0 Å². The van der Waals surface area contributed by atoms with E-state index in [2.05, 4.69) is 46.8 Å². The second-order valence-electron chi connectivity index (χ2n) is 6.53. The number of benzene rings is 2. The highest BCUT2D eigenvalue weighted by atomic mass is 16.2. The third-order valence-corrected chi connectivity index (χ3v) is 4.56. The molecular weight excluding hydrogens is 348 g/mol. The van der Waals surface area contributed by atoms with E-state index in [0.717, 1.165) is 49.7 Å². The van der Waals surface area contributed by atoms with Crippen LogP contribution in [0.5, 0.6) is 0 Å². The van der Waals surface area contributed by atoms with Gasteiger partial charge in [0.05, 0.1) is 6.54 Å². The minimum Gasteiger partial charge on any atom is -0.357 e. The molecule has 2 N–H and O–H groups in total. The molecule has 2 aromatic rings. The highest BCUT2D eigenvalue weighted by Crippen LogP contribution is 2.09.